The van der Waals surface area contributed by atoms with E-state index in [1.807, 2.05) is 18.2 Å². The summed E-state index contributed by atoms with van der Waals surface area (Å²) in [6, 6.07) is 10.3. The van der Waals surface area contributed by atoms with E-state index in [9.17, 15) is 0 Å². The predicted octanol–water partition coefficient (Wildman–Crippen LogP) is 4.34. The molecule has 2 rings (SSSR count). The van der Waals surface area contributed by atoms with Crippen LogP contribution in [0.2, 0.25) is 0 Å². The molecule has 72 valence electrons. The zero-order chi connectivity index (χ0) is 9.36. The highest BCUT2D eigenvalue weighted by molar-refractivity contribution is 5.11. The molecule has 1 aromatic carbocycles. The number of hydrogen-bond acceptors (Lipinski definition) is 0. The van der Waals surface area contributed by atoms with Gasteiger partial charge in [0, 0.05) is 0 Å². The van der Waals surface area contributed by atoms with E-state index in [4.69, 9.17) is 0 Å². The minimum Gasteiger partial charge on any atom is -0.0622 e. The van der Waals surface area contributed by atoms with Crippen molar-refractivity contribution >= 4 is 0 Å². The smallest absolute Gasteiger partial charge is 0.0398 e. The summed E-state index contributed by atoms with van der Waals surface area (Å²) in [7, 11) is 0. The molecule has 0 aliphatic heterocycles. The lowest BCUT2D eigenvalue weighted by Crippen LogP contribution is -1.85. The number of benzene rings is 1. The van der Waals surface area contributed by atoms with Gasteiger partial charge in [-0.15, -0.1) is 0 Å². The molecular formula is C13H20. The molecule has 1 aliphatic carbocycles. The number of hydrogen-bond donors (Lipinski definition) is 0. The summed E-state index contributed by atoms with van der Waals surface area (Å²) < 4.78 is 0. The first-order chi connectivity index (χ1) is 6.39. The standard InChI is InChI=1S/C7H8.C6H12/c1-7-5-3-2-4-6-7;1-2-4-6-5-3-1/h2-6H,1H3;1-6H2. The van der Waals surface area contributed by atoms with Crippen molar-refractivity contribution < 1.29 is 0 Å². The Labute approximate surface area is 82.0 Å². The Morgan fingerprint density at radius 3 is 1.31 bits per heavy atom. The lowest BCUT2D eigenvalue weighted by Gasteiger charge is -2.05. The van der Waals surface area contributed by atoms with Crippen molar-refractivity contribution in [3.05, 3.63) is 35.9 Å². The summed E-state index contributed by atoms with van der Waals surface area (Å²) in [6.45, 7) is 2.08. The Hall–Kier alpha value is -0.780. The van der Waals surface area contributed by atoms with Crippen LogP contribution < -0.4 is 0 Å². The van der Waals surface area contributed by atoms with Crippen LogP contribution in [0.4, 0.5) is 0 Å². The first-order valence-corrected chi connectivity index (χ1v) is 5.41. The maximum absolute atomic E-state index is 2.08. The van der Waals surface area contributed by atoms with Crippen LogP contribution in [0.15, 0.2) is 30.3 Å². The molecule has 1 fully saturated rings. The Morgan fingerprint density at radius 1 is 0.692 bits per heavy atom. The minimum atomic E-state index is 1.32. The van der Waals surface area contributed by atoms with E-state index < -0.39 is 0 Å². The maximum Gasteiger partial charge on any atom is -0.0398 e. The third kappa shape index (κ3) is 5.46. The topological polar surface area (TPSA) is 0 Å². The van der Waals surface area contributed by atoms with Crippen LogP contribution in [0, 0.1) is 6.92 Å². The molecule has 0 nitrogen and oxygen atoms in total. The fourth-order valence-corrected chi connectivity index (χ4v) is 1.60. The molecule has 0 heterocycles. The molecule has 1 aliphatic rings. The second-order valence-electron chi connectivity index (χ2n) is 3.78. The Kier molecular flexibility index (Phi) is 5.31. The van der Waals surface area contributed by atoms with Gasteiger partial charge >= 0.3 is 0 Å². The maximum atomic E-state index is 2.08. The largest absolute Gasteiger partial charge is 0.0622 e. The fraction of sp³-hybridized carbons (Fsp3) is 0.538. The van der Waals surface area contributed by atoms with Gasteiger partial charge in [-0.2, -0.15) is 0 Å². The van der Waals surface area contributed by atoms with E-state index >= 15 is 0 Å². The van der Waals surface area contributed by atoms with Crippen molar-refractivity contribution in [1.82, 2.24) is 0 Å². The fourth-order valence-electron chi connectivity index (χ4n) is 1.60. The van der Waals surface area contributed by atoms with E-state index in [1.54, 1.807) is 0 Å². The first-order valence-electron chi connectivity index (χ1n) is 5.41. The molecule has 0 heteroatoms. The summed E-state index contributed by atoms with van der Waals surface area (Å²) in [6.07, 6.45) is 9.00. The molecule has 0 N–H and O–H groups in total. The quantitative estimate of drug-likeness (QED) is 0.551. The highest BCUT2D eigenvalue weighted by Gasteiger charge is 1.95. The monoisotopic (exact) mass is 176 g/mol. The van der Waals surface area contributed by atoms with E-state index in [-0.39, 0.29) is 0 Å². The molecule has 1 saturated carbocycles. The third-order valence-corrected chi connectivity index (χ3v) is 2.44. The van der Waals surface area contributed by atoms with Gasteiger partial charge in [-0.05, 0) is 6.92 Å². The Morgan fingerprint density at radius 2 is 1.08 bits per heavy atom. The molecule has 0 bridgehead atoms. The van der Waals surface area contributed by atoms with Crippen molar-refractivity contribution in [2.24, 2.45) is 0 Å². The summed E-state index contributed by atoms with van der Waals surface area (Å²) in [5, 5.41) is 0. The van der Waals surface area contributed by atoms with Gasteiger partial charge in [-0.25, -0.2) is 0 Å². The molecule has 0 spiro atoms. The Bertz CT molecular complexity index is 185. The zero-order valence-corrected chi connectivity index (χ0v) is 8.63. The summed E-state index contributed by atoms with van der Waals surface area (Å²) in [5.41, 5.74) is 1.32. The van der Waals surface area contributed by atoms with E-state index in [1.165, 1.54) is 44.1 Å². The van der Waals surface area contributed by atoms with E-state index in [0.29, 0.717) is 0 Å². The highest BCUT2D eigenvalue weighted by Crippen LogP contribution is 2.15. The second kappa shape index (κ2) is 6.71. The summed E-state index contributed by atoms with van der Waals surface area (Å²) >= 11 is 0. The van der Waals surface area contributed by atoms with Crippen molar-refractivity contribution in [2.75, 3.05) is 0 Å². The van der Waals surface area contributed by atoms with Gasteiger partial charge < -0.3 is 0 Å². The molecule has 0 saturated heterocycles. The molecule has 0 aromatic heterocycles. The number of aryl methyl sites for hydroxylation is 1. The molecule has 0 amide bonds. The summed E-state index contributed by atoms with van der Waals surface area (Å²) in [4.78, 5) is 0. The van der Waals surface area contributed by atoms with Crippen LogP contribution in [0.3, 0.4) is 0 Å². The molecular weight excluding hydrogens is 156 g/mol. The van der Waals surface area contributed by atoms with Crippen LogP contribution in [0.25, 0.3) is 0 Å². The van der Waals surface area contributed by atoms with Crippen LogP contribution in [-0.2, 0) is 0 Å². The average molecular weight is 176 g/mol. The van der Waals surface area contributed by atoms with Crippen LogP contribution in [0.1, 0.15) is 44.1 Å². The molecule has 0 atom stereocenters. The van der Waals surface area contributed by atoms with Crippen molar-refractivity contribution in [1.29, 1.82) is 0 Å². The Balaban J connectivity index is 0.000000132. The summed E-state index contributed by atoms with van der Waals surface area (Å²) in [5.74, 6) is 0. The zero-order valence-electron chi connectivity index (χ0n) is 8.63. The highest BCUT2D eigenvalue weighted by atomic mass is 14.0. The molecule has 1 aromatic rings. The number of rotatable bonds is 0. The van der Waals surface area contributed by atoms with Crippen LogP contribution >= 0.6 is 0 Å². The molecule has 0 radical (unpaired) electrons. The van der Waals surface area contributed by atoms with Gasteiger partial charge in [0.1, 0.15) is 0 Å². The van der Waals surface area contributed by atoms with Gasteiger partial charge in [0.2, 0.25) is 0 Å². The normalized spacial score (nSPS) is 15.8. The van der Waals surface area contributed by atoms with E-state index in [0.717, 1.165) is 0 Å². The minimum absolute atomic E-state index is 1.32. The average Bonchev–Trinajstić information content (AvgIpc) is 2.22. The lowest BCUT2D eigenvalue weighted by atomic mass is 10.0. The lowest BCUT2D eigenvalue weighted by molar-refractivity contribution is 0.504. The SMILES string of the molecule is C1CCCCC1.Cc1ccccc1. The van der Waals surface area contributed by atoms with Gasteiger partial charge in [0.05, 0.1) is 0 Å². The van der Waals surface area contributed by atoms with Crippen molar-refractivity contribution in [3.8, 4) is 0 Å². The first kappa shape index (κ1) is 10.3. The van der Waals surface area contributed by atoms with Gasteiger partial charge in [-0.1, -0.05) is 74.4 Å². The van der Waals surface area contributed by atoms with Gasteiger partial charge in [0.15, 0.2) is 0 Å². The molecule has 0 unspecified atom stereocenters. The molecule has 13 heavy (non-hydrogen) atoms. The van der Waals surface area contributed by atoms with Crippen molar-refractivity contribution in [2.45, 2.75) is 45.4 Å². The second-order valence-corrected chi connectivity index (χ2v) is 3.78. The third-order valence-electron chi connectivity index (χ3n) is 2.44. The van der Waals surface area contributed by atoms with Crippen LogP contribution in [0.5, 0.6) is 0 Å². The van der Waals surface area contributed by atoms with Crippen molar-refractivity contribution in [3.63, 3.8) is 0 Å². The van der Waals surface area contributed by atoms with Gasteiger partial charge in [-0.3, -0.25) is 0 Å². The van der Waals surface area contributed by atoms with Gasteiger partial charge in [0.25, 0.3) is 0 Å². The van der Waals surface area contributed by atoms with Crippen LogP contribution in [-0.4, -0.2) is 0 Å². The van der Waals surface area contributed by atoms with E-state index in [2.05, 4.69) is 19.1 Å². The predicted molar refractivity (Wildman–Crippen MR) is 58.9 cm³/mol.